The molecule has 138 valence electrons. The van der Waals surface area contributed by atoms with Crippen molar-refractivity contribution in [1.29, 1.82) is 0 Å². The molecule has 6 heteroatoms. The first-order chi connectivity index (χ1) is 12.5. The van der Waals surface area contributed by atoms with E-state index in [1.807, 2.05) is 24.3 Å². The second-order valence-corrected chi connectivity index (χ2v) is 7.01. The van der Waals surface area contributed by atoms with Gasteiger partial charge in [0.1, 0.15) is 5.54 Å². The molecule has 1 saturated carbocycles. The highest BCUT2D eigenvalue weighted by molar-refractivity contribution is 5.97. The van der Waals surface area contributed by atoms with Crippen LogP contribution in [-0.2, 0) is 14.4 Å². The predicted octanol–water partition coefficient (Wildman–Crippen LogP) is 2.73. The monoisotopic (exact) mass is 356 g/mol. The van der Waals surface area contributed by atoms with Gasteiger partial charge >= 0.3 is 5.97 Å². The fourth-order valence-electron chi connectivity index (χ4n) is 3.68. The van der Waals surface area contributed by atoms with Crippen LogP contribution in [0.4, 0.5) is 5.69 Å². The number of rotatable bonds is 5. The van der Waals surface area contributed by atoms with E-state index in [-0.39, 0.29) is 5.91 Å². The van der Waals surface area contributed by atoms with Crippen LogP contribution in [0.1, 0.15) is 50.5 Å². The lowest BCUT2D eigenvalue weighted by Crippen LogP contribution is -2.55. The van der Waals surface area contributed by atoms with Crippen molar-refractivity contribution >= 4 is 29.5 Å². The molecule has 6 nitrogen and oxygen atoms in total. The molecule has 2 fully saturated rings. The number of hydrogen-bond acceptors (Lipinski definition) is 3. The summed E-state index contributed by atoms with van der Waals surface area (Å²) in [5.74, 6) is -1.22. The summed E-state index contributed by atoms with van der Waals surface area (Å²) in [4.78, 5) is 37.3. The number of hydrogen-bond donors (Lipinski definition) is 2. The minimum Gasteiger partial charge on any atom is -0.480 e. The second kappa shape index (κ2) is 7.72. The zero-order valence-corrected chi connectivity index (χ0v) is 14.7. The van der Waals surface area contributed by atoms with Gasteiger partial charge in [0.2, 0.25) is 11.8 Å². The Morgan fingerprint density at radius 3 is 2.35 bits per heavy atom. The summed E-state index contributed by atoms with van der Waals surface area (Å²) >= 11 is 0. The van der Waals surface area contributed by atoms with Crippen molar-refractivity contribution < 1.29 is 19.5 Å². The van der Waals surface area contributed by atoms with Crippen molar-refractivity contribution in [2.45, 2.75) is 50.5 Å². The summed E-state index contributed by atoms with van der Waals surface area (Å²) in [6, 6.07) is 7.41. The number of carboxylic acid groups (broad SMARTS) is 1. The van der Waals surface area contributed by atoms with E-state index in [0.29, 0.717) is 19.3 Å². The van der Waals surface area contributed by atoms with E-state index in [0.717, 1.165) is 43.5 Å². The average molecular weight is 356 g/mol. The lowest BCUT2D eigenvalue weighted by Gasteiger charge is -2.33. The van der Waals surface area contributed by atoms with Gasteiger partial charge in [-0.25, -0.2) is 4.79 Å². The molecule has 1 saturated heterocycles. The summed E-state index contributed by atoms with van der Waals surface area (Å²) < 4.78 is 0. The number of carboxylic acids is 1. The van der Waals surface area contributed by atoms with Crippen LogP contribution in [0.5, 0.6) is 0 Å². The Balaban J connectivity index is 1.62. The van der Waals surface area contributed by atoms with Gasteiger partial charge in [0, 0.05) is 24.7 Å². The van der Waals surface area contributed by atoms with Crippen LogP contribution in [0, 0.1) is 0 Å². The predicted molar refractivity (Wildman–Crippen MR) is 98.7 cm³/mol. The van der Waals surface area contributed by atoms with Crippen LogP contribution >= 0.6 is 0 Å². The molecule has 2 amide bonds. The van der Waals surface area contributed by atoms with Gasteiger partial charge in [-0.15, -0.1) is 0 Å². The molecular formula is C20H24N2O4. The van der Waals surface area contributed by atoms with Gasteiger partial charge in [0.15, 0.2) is 0 Å². The maximum atomic E-state index is 12.2. The summed E-state index contributed by atoms with van der Waals surface area (Å²) in [6.07, 6.45) is 8.07. The Kier molecular flexibility index (Phi) is 5.40. The summed E-state index contributed by atoms with van der Waals surface area (Å²) in [5, 5.41) is 12.2. The second-order valence-electron chi connectivity index (χ2n) is 7.01. The first-order valence-electron chi connectivity index (χ1n) is 9.14. The third kappa shape index (κ3) is 3.95. The van der Waals surface area contributed by atoms with E-state index in [1.165, 1.54) is 6.08 Å². The minimum atomic E-state index is -1.14. The Hall–Kier alpha value is -2.63. The number of amides is 2. The standard InChI is InChI=1S/C20H24N2O4/c23-17(21-20(19(25)26)12-2-1-3-13-20)11-8-15-6-9-16(10-7-15)22-14-4-5-18(22)24/h6-11H,1-5,12-14H2,(H,21,23)(H,25,26)/b11-8-. The molecule has 1 aromatic carbocycles. The Morgan fingerprint density at radius 1 is 1.08 bits per heavy atom. The smallest absolute Gasteiger partial charge is 0.329 e. The molecule has 1 heterocycles. The maximum absolute atomic E-state index is 12.2. The van der Waals surface area contributed by atoms with E-state index < -0.39 is 17.4 Å². The van der Waals surface area contributed by atoms with Crippen molar-refractivity contribution in [2.75, 3.05) is 11.4 Å². The quantitative estimate of drug-likeness (QED) is 0.794. The topological polar surface area (TPSA) is 86.7 Å². The summed E-state index contributed by atoms with van der Waals surface area (Å²) in [6.45, 7) is 0.744. The van der Waals surface area contributed by atoms with Gasteiger partial charge in [-0.2, -0.15) is 0 Å². The van der Waals surface area contributed by atoms with Gasteiger partial charge in [-0.1, -0.05) is 31.4 Å². The van der Waals surface area contributed by atoms with E-state index in [4.69, 9.17) is 0 Å². The Bertz CT molecular complexity index is 718. The molecule has 2 aliphatic rings. The van der Waals surface area contributed by atoms with Crippen molar-refractivity contribution in [3.63, 3.8) is 0 Å². The Labute approximate surface area is 152 Å². The number of nitrogens with zero attached hydrogens (tertiary/aromatic N) is 1. The normalized spacial score (nSPS) is 19.7. The minimum absolute atomic E-state index is 0.138. The summed E-state index contributed by atoms with van der Waals surface area (Å²) in [5.41, 5.74) is 0.546. The van der Waals surface area contributed by atoms with Gasteiger partial charge in [-0.3, -0.25) is 9.59 Å². The van der Waals surface area contributed by atoms with Crippen molar-refractivity contribution in [2.24, 2.45) is 0 Å². The van der Waals surface area contributed by atoms with Crippen molar-refractivity contribution in [3.05, 3.63) is 35.9 Å². The molecule has 0 aromatic heterocycles. The first-order valence-corrected chi connectivity index (χ1v) is 9.14. The highest BCUT2D eigenvalue weighted by Gasteiger charge is 2.40. The zero-order valence-electron chi connectivity index (χ0n) is 14.7. The molecule has 2 N–H and O–H groups in total. The number of anilines is 1. The number of aliphatic carboxylic acids is 1. The lowest BCUT2D eigenvalue weighted by atomic mass is 9.81. The van der Waals surface area contributed by atoms with Gasteiger partial charge in [-0.05, 0) is 43.0 Å². The van der Waals surface area contributed by atoms with Crippen LogP contribution in [0.2, 0.25) is 0 Å². The number of nitrogens with one attached hydrogen (secondary N) is 1. The maximum Gasteiger partial charge on any atom is 0.329 e. The van der Waals surface area contributed by atoms with Gasteiger partial charge < -0.3 is 15.3 Å². The highest BCUT2D eigenvalue weighted by atomic mass is 16.4. The van der Waals surface area contributed by atoms with Gasteiger partial charge in [0.05, 0.1) is 0 Å². The zero-order chi connectivity index (χ0) is 18.6. The van der Waals surface area contributed by atoms with Crippen molar-refractivity contribution in [3.8, 4) is 0 Å². The number of benzene rings is 1. The molecule has 0 radical (unpaired) electrons. The van der Waals surface area contributed by atoms with Crippen LogP contribution in [0.3, 0.4) is 0 Å². The van der Waals surface area contributed by atoms with E-state index in [9.17, 15) is 19.5 Å². The van der Waals surface area contributed by atoms with Crippen LogP contribution < -0.4 is 10.2 Å². The highest BCUT2D eigenvalue weighted by Crippen LogP contribution is 2.28. The van der Waals surface area contributed by atoms with Gasteiger partial charge in [0.25, 0.3) is 0 Å². The van der Waals surface area contributed by atoms with Crippen LogP contribution in [0.15, 0.2) is 30.3 Å². The SMILES string of the molecule is O=C(/C=C\c1ccc(N2CCCC2=O)cc1)NC1(C(=O)O)CCCCC1. The molecule has 1 aliphatic heterocycles. The third-order valence-corrected chi connectivity index (χ3v) is 5.18. The number of carbonyl (C=O) groups excluding carboxylic acids is 2. The summed E-state index contributed by atoms with van der Waals surface area (Å²) in [7, 11) is 0. The number of carbonyl (C=O) groups is 3. The van der Waals surface area contributed by atoms with Crippen molar-refractivity contribution in [1.82, 2.24) is 5.32 Å². The molecule has 3 rings (SSSR count). The van der Waals surface area contributed by atoms with Crippen LogP contribution in [-0.4, -0.2) is 35.0 Å². The molecule has 26 heavy (non-hydrogen) atoms. The third-order valence-electron chi connectivity index (χ3n) is 5.18. The largest absolute Gasteiger partial charge is 0.480 e. The lowest BCUT2D eigenvalue weighted by molar-refractivity contribution is -0.148. The molecule has 0 bridgehead atoms. The Morgan fingerprint density at radius 2 is 1.77 bits per heavy atom. The molecule has 1 aromatic rings. The van der Waals surface area contributed by atoms with Crippen LogP contribution in [0.25, 0.3) is 6.08 Å². The molecular weight excluding hydrogens is 332 g/mol. The average Bonchev–Trinajstić information content (AvgIpc) is 3.07. The van der Waals surface area contributed by atoms with E-state index in [1.54, 1.807) is 11.0 Å². The molecule has 0 atom stereocenters. The van der Waals surface area contributed by atoms with E-state index >= 15 is 0 Å². The fourth-order valence-corrected chi connectivity index (χ4v) is 3.68. The first kappa shape index (κ1) is 18.2. The molecule has 0 unspecified atom stereocenters. The molecule has 1 aliphatic carbocycles. The fraction of sp³-hybridized carbons (Fsp3) is 0.450. The van der Waals surface area contributed by atoms with E-state index in [2.05, 4.69) is 5.32 Å². The molecule has 0 spiro atoms.